The van der Waals surface area contributed by atoms with Gasteiger partial charge in [0.1, 0.15) is 0 Å². The smallest absolute Gasteiger partial charge is 0.0460 e. The summed E-state index contributed by atoms with van der Waals surface area (Å²) in [6.45, 7) is 0. The summed E-state index contributed by atoms with van der Waals surface area (Å²) < 4.78 is 0. The van der Waals surface area contributed by atoms with E-state index in [9.17, 15) is 0 Å². The quantitative estimate of drug-likeness (QED) is 0.463. The number of hydrogen-bond acceptors (Lipinski definition) is 0. The topological polar surface area (TPSA) is 15.8 Å². The van der Waals surface area contributed by atoms with Crippen LogP contribution in [0.4, 0.5) is 0 Å². The van der Waals surface area contributed by atoms with Gasteiger partial charge in [-0.1, -0.05) is 60.7 Å². The second kappa shape index (κ2) is 4.95. The molecule has 0 aliphatic carbocycles. The first-order valence-electron chi connectivity index (χ1n) is 7.13. The van der Waals surface area contributed by atoms with Gasteiger partial charge in [0.2, 0.25) is 0 Å². The molecular weight excluding hydrogens is 254 g/mol. The molecule has 100 valence electrons. The van der Waals surface area contributed by atoms with Crippen LogP contribution in [0.25, 0.3) is 33.8 Å². The zero-order chi connectivity index (χ0) is 14.1. The SMILES string of the molecule is C(=C\c1ccc2c(ccc3[nH]ccc32)c1)/c1ccccc1. The van der Waals surface area contributed by atoms with Gasteiger partial charge in [0.05, 0.1) is 0 Å². The summed E-state index contributed by atoms with van der Waals surface area (Å²) in [5.74, 6) is 0. The Morgan fingerprint density at radius 1 is 0.667 bits per heavy atom. The molecule has 1 aromatic heterocycles. The molecule has 0 unspecified atom stereocenters. The van der Waals surface area contributed by atoms with Gasteiger partial charge >= 0.3 is 0 Å². The van der Waals surface area contributed by atoms with E-state index in [1.807, 2.05) is 12.3 Å². The first kappa shape index (κ1) is 12.0. The van der Waals surface area contributed by atoms with E-state index in [2.05, 4.69) is 77.8 Å². The fraction of sp³-hybridized carbons (Fsp3) is 0. The third-order valence-corrected chi connectivity index (χ3v) is 3.84. The molecule has 0 fully saturated rings. The lowest BCUT2D eigenvalue weighted by Crippen LogP contribution is -1.77. The highest BCUT2D eigenvalue weighted by Gasteiger charge is 2.01. The van der Waals surface area contributed by atoms with E-state index in [1.165, 1.54) is 32.8 Å². The van der Waals surface area contributed by atoms with Gasteiger partial charge in [-0.2, -0.15) is 0 Å². The molecule has 1 N–H and O–H groups in total. The van der Waals surface area contributed by atoms with Crippen molar-refractivity contribution in [2.24, 2.45) is 0 Å². The summed E-state index contributed by atoms with van der Waals surface area (Å²) in [5.41, 5.74) is 3.63. The van der Waals surface area contributed by atoms with Crippen LogP contribution in [-0.2, 0) is 0 Å². The van der Waals surface area contributed by atoms with Crippen LogP contribution < -0.4 is 0 Å². The predicted octanol–water partition coefficient (Wildman–Crippen LogP) is 5.49. The Labute approximate surface area is 123 Å². The summed E-state index contributed by atoms with van der Waals surface area (Å²) >= 11 is 0. The first-order valence-corrected chi connectivity index (χ1v) is 7.13. The van der Waals surface area contributed by atoms with E-state index in [0.29, 0.717) is 0 Å². The molecule has 0 saturated heterocycles. The highest BCUT2D eigenvalue weighted by molar-refractivity contribution is 6.07. The predicted molar refractivity (Wildman–Crippen MR) is 91.2 cm³/mol. The van der Waals surface area contributed by atoms with E-state index in [4.69, 9.17) is 0 Å². The first-order chi connectivity index (χ1) is 10.4. The minimum Gasteiger partial charge on any atom is -0.361 e. The van der Waals surface area contributed by atoms with Crippen molar-refractivity contribution in [3.8, 4) is 0 Å². The van der Waals surface area contributed by atoms with Crippen LogP contribution in [-0.4, -0.2) is 4.98 Å². The van der Waals surface area contributed by atoms with E-state index in [-0.39, 0.29) is 0 Å². The average Bonchev–Trinajstić information content (AvgIpc) is 3.02. The average molecular weight is 269 g/mol. The number of benzene rings is 3. The molecular formula is C20H15N. The number of fused-ring (bicyclic) bond motifs is 3. The Kier molecular flexibility index (Phi) is 2.82. The molecule has 0 aliphatic heterocycles. The molecule has 1 heteroatoms. The standard InChI is InChI=1S/C20H15N/c1-2-4-15(5-3-1)6-7-16-8-10-18-17(14-16)9-11-20-19(18)12-13-21-20/h1-14,21H/b7-6+. The van der Waals surface area contributed by atoms with Gasteiger partial charge < -0.3 is 4.98 Å². The number of rotatable bonds is 2. The molecule has 0 amide bonds. The van der Waals surface area contributed by atoms with Crippen molar-refractivity contribution in [3.63, 3.8) is 0 Å². The molecule has 4 rings (SSSR count). The monoisotopic (exact) mass is 269 g/mol. The summed E-state index contributed by atoms with van der Waals surface area (Å²) in [6.07, 6.45) is 6.30. The summed E-state index contributed by atoms with van der Waals surface area (Å²) in [4.78, 5) is 3.26. The van der Waals surface area contributed by atoms with E-state index in [0.717, 1.165) is 0 Å². The van der Waals surface area contributed by atoms with Crippen LogP contribution >= 0.6 is 0 Å². The molecule has 0 radical (unpaired) electrons. The Balaban J connectivity index is 1.77. The molecule has 0 spiro atoms. The van der Waals surface area contributed by atoms with Crippen LogP contribution in [0.15, 0.2) is 72.9 Å². The van der Waals surface area contributed by atoms with Crippen molar-refractivity contribution in [1.29, 1.82) is 0 Å². The maximum atomic E-state index is 3.26. The van der Waals surface area contributed by atoms with Crippen molar-refractivity contribution < 1.29 is 0 Å². The zero-order valence-electron chi connectivity index (χ0n) is 11.6. The summed E-state index contributed by atoms with van der Waals surface area (Å²) in [7, 11) is 0. The lowest BCUT2D eigenvalue weighted by Gasteiger charge is -2.02. The lowest BCUT2D eigenvalue weighted by molar-refractivity contribution is 1.48. The van der Waals surface area contributed by atoms with Crippen LogP contribution in [0.5, 0.6) is 0 Å². The van der Waals surface area contributed by atoms with Gasteiger partial charge in [-0.25, -0.2) is 0 Å². The molecule has 0 bridgehead atoms. The fourth-order valence-corrected chi connectivity index (χ4v) is 2.75. The summed E-state index contributed by atoms with van der Waals surface area (Å²) in [6, 6.07) is 23.4. The van der Waals surface area contributed by atoms with E-state index < -0.39 is 0 Å². The maximum Gasteiger partial charge on any atom is 0.0460 e. The highest BCUT2D eigenvalue weighted by Crippen LogP contribution is 2.26. The number of aromatic nitrogens is 1. The third kappa shape index (κ3) is 2.23. The molecule has 21 heavy (non-hydrogen) atoms. The maximum absolute atomic E-state index is 3.26. The Hall–Kier alpha value is -2.80. The minimum atomic E-state index is 1.19. The second-order valence-corrected chi connectivity index (χ2v) is 5.23. The van der Waals surface area contributed by atoms with Gasteiger partial charge in [0.15, 0.2) is 0 Å². The summed E-state index contributed by atoms with van der Waals surface area (Å²) in [5, 5.41) is 3.86. The van der Waals surface area contributed by atoms with Gasteiger partial charge in [-0.3, -0.25) is 0 Å². The largest absolute Gasteiger partial charge is 0.361 e. The van der Waals surface area contributed by atoms with Crippen molar-refractivity contribution in [1.82, 2.24) is 4.98 Å². The Morgan fingerprint density at radius 2 is 1.52 bits per heavy atom. The van der Waals surface area contributed by atoms with E-state index in [1.54, 1.807) is 0 Å². The van der Waals surface area contributed by atoms with Crippen LogP contribution in [0.2, 0.25) is 0 Å². The molecule has 0 aliphatic rings. The van der Waals surface area contributed by atoms with Crippen molar-refractivity contribution >= 4 is 33.8 Å². The van der Waals surface area contributed by atoms with Gasteiger partial charge in [-0.15, -0.1) is 0 Å². The molecule has 0 atom stereocenters. The number of H-pyrrole nitrogens is 1. The zero-order valence-corrected chi connectivity index (χ0v) is 11.6. The minimum absolute atomic E-state index is 1.19. The van der Waals surface area contributed by atoms with Crippen LogP contribution in [0.3, 0.4) is 0 Å². The highest BCUT2D eigenvalue weighted by atomic mass is 14.7. The van der Waals surface area contributed by atoms with Crippen LogP contribution in [0.1, 0.15) is 11.1 Å². The third-order valence-electron chi connectivity index (χ3n) is 3.84. The molecule has 4 aromatic rings. The van der Waals surface area contributed by atoms with Gasteiger partial charge in [0, 0.05) is 17.1 Å². The van der Waals surface area contributed by atoms with Crippen molar-refractivity contribution in [3.05, 3.63) is 84.1 Å². The van der Waals surface area contributed by atoms with Gasteiger partial charge in [0.25, 0.3) is 0 Å². The normalized spacial score (nSPS) is 11.6. The van der Waals surface area contributed by atoms with Crippen LogP contribution in [0, 0.1) is 0 Å². The number of nitrogens with one attached hydrogen (secondary N) is 1. The molecule has 1 heterocycles. The van der Waals surface area contributed by atoms with Crippen molar-refractivity contribution in [2.45, 2.75) is 0 Å². The van der Waals surface area contributed by atoms with Gasteiger partial charge in [-0.05, 0) is 40.1 Å². The lowest BCUT2D eigenvalue weighted by atomic mass is 10.0. The molecule has 0 saturated carbocycles. The number of hydrogen-bond donors (Lipinski definition) is 1. The molecule has 1 nitrogen and oxygen atoms in total. The molecule has 3 aromatic carbocycles. The second-order valence-electron chi connectivity index (χ2n) is 5.23. The fourth-order valence-electron chi connectivity index (χ4n) is 2.75. The van der Waals surface area contributed by atoms with Crippen molar-refractivity contribution in [2.75, 3.05) is 0 Å². The van der Waals surface area contributed by atoms with E-state index >= 15 is 0 Å². The Morgan fingerprint density at radius 3 is 2.43 bits per heavy atom. The number of aromatic amines is 1. The Bertz CT molecular complexity index is 930.